The molecule has 1 aromatic heterocycles. The van der Waals surface area contributed by atoms with Crippen LogP contribution < -0.4 is 0 Å². The van der Waals surface area contributed by atoms with E-state index in [9.17, 15) is 9.59 Å². The van der Waals surface area contributed by atoms with Gasteiger partial charge in [-0.25, -0.2) is 9.79 Å². The Morgan fingerprint density at radius 1 is 1.17 bits per heavy atom. The lowest BCUT2D eigenvalue weighted by atomic mass is 10.1. The monoisotopic (exact) mass is 405 g/mol. The van der Waals surface area contributed by atoms with Gasteiger partial charge in [-0.3, -0.25) is 9.69 Å². The first-order valence-electron chi connectivity index (χ1n) is 9.14. The molecule has 1 aliphatic heterocycles. The highest BCUT2D eigenvalue weighted by molar-refractivity contribution is 8.18. The lowest BCUT2D eigenvalue weighted by Crippen LogP contribution is -2.31. The molecule has 0 radical (unpaired) electrons. The molecule has 6 nitrogen and oxygen atoms in total. The number of hydrogen-bond acceptors (Lipinski definition) is 5. The molecule has 3 aromatic rings. The number of para-hydroxylation sites is 2. The van der Waals surface area contributed by atoms with Gasteiger partial charge in [-0.2, -0.15) is 0 Å². The number of H-pyrrole nitrogens is 1. The summed E-state index contributed by atoms with van der Waals surface area (Å²) in [5.74, 6) is -0.798. The SMILES string of the molecule is COC(=O)C=C1SC(=Nc2ccccc2)N(CCc2c[nH]c3ccccc23)C1=O. The lowest BCUT2D eigenvalue weighted by Gasteiger charge is -2.15. The van der Waals surface area contributed by atoms with Crippen molar-refractivity contribution >= 4 is 45.4 Å². The number of fused-ring (bicyclic) bond motifs is 1. The molecule has 2 aromatic carbocycles. The van der Waals surface area contributed by atoms with Gasteiger partial charge in [-0.1, -0.05) is 36.4 Å². The number of methoxy groups -OCH3 is 1. The zero-order valence-electron chi connectivity index (χ0n) is 15.8. The molecule has 0 saturated carbocycles. The van der Waals surface area contributed by atoms with Crippen LogP contribution in [0.5, 0.6) is 0 Å². The van der Waals surface area contributed by atoms with E-state index in [2.05, 4.69) is 20.8 Å². The van der Waals surface area contributed by atoms with Crippen LogP contribution in [0.1, 0.15) is 5.56 Å². The molecular formula is C22H19N3O3S. The number of nitrogens with zero attached hydrogens (tertiary/aromatic N) is 2. The van der Waals surface area contributed by atoms with Gasteiger partial charge in [-0.05, 0) is 41.9 Å². The molecule has 1 fully saturated rings. The number of rotatable bonds is 5. The number of esters is 1. The maximum Gasteiger partial charge on any atom is 0.331 e. The summed E-state index contributed by atoms with van der Waals surface area (Å²) in [6.07, 6.45) is 3.85. The molecule has 7 heteroatoms. The third-order valence-electron chi connectivity index (χ3n) is 4.60. The van der Waals surface area contributed by atoms with Crippen molar-refractivity contribution in [3.05, 3.63) is 77.3 Å². The summed E-state index contributed by atoms with van der Waals surface area (Å²) >= 11 is 1.19. The minimum Gasteiger partial charge on any atom is -0.466 e. The Balaban J connectivity index is 1.62. The van der Waals surface area contributed by atoms with E-state index in [0.29, 0.717) is 23.0 Å². The van der Waals surface area contributed by atoms with Crippen LogP contribution in [-0.4, -0.2) is 40.6 Å². The Hall–Kier alpha value is -3.32. The van der Waals surface area contributed by atoms with E-state index >= 15 is 0 Å². The topological polar surface area (TPSA) is 74.8 Å². The van der Waals surface area contributed by atoms with Crippen molar-refractivity contribution in [2.75, 3.05) is 13.7 Å². The quantitative estimate of drug-likeness (QED) is 0.514. The zero-order valence-corrected chi connectivity index (χ0v) is 16.6. The van der Waals surface area contributed by atoms with E-state index in [1.165, 1.54) is 24.9 Å². The first kappa shape index (κ1) is 19.0. The van der Waals surface area contributed by atoms with E-state index in [1.807, 2.05) is 54.7 Å². The Kier molecular flexibility index (Phi) is 5.48. The van der Waals surface area contributed by atoms with E-state index in [-0.39, 0.29) is 5.91 Å². The number of nitrogens with one attached hydrogen (secondary N) is 1. The second-order valence-corrected chi connectivity index (χ2v) is 7.44. The van der Waals surface area contributed by atoms with Gasteiger partial charge in [0, 0.05) is 29.7 Å². The van der Waals surface area contributed by atoms with Crippen molar-refractivity contribution in [2.24, 2.45) is 4.99 Å². The molecule has 1 N–H and O–H groups in total. The Morgan fingerprint density at radius 2 is 1.93 bits per heavy atom. The number of amidine groups is 1. The number of thioether (sulfide) groups is 1. The first-order valence-corrected chi connectivity index (χ1v) is 9.95. The van der Waals surface area contributed by atoms with Gasteiger partial charge < -0.3 is 9.72 Å². The van der Waals surface area contributed by atoms with Gasteiger partial charge in [0.1, 0.15) is 0 Å². The number of carbonyl (C=O) groups excluding carboxylic acids is 2. The van der Waals surface area contributed by atoms with E-state index in [4.69, 9.17) is 0 Å². The van der Waals surface area contributed by atoms with Crippen LogP contribution >= 0.6 is 11.8 Å². The smallest absolute Gasteiger partial charge is 0.331 e. The van der Waals surface area contributed by atoms with Crippen molar-refractivity contribution in [3.8, 4) is 0 Å². The molecule has 4 rings (SSSR count). The summed E-state index contributed by atoms with van der Waals surface area (Å²) < 4.78 is 4.67. The second-order valence-electron chi connectivity index (χ2n) is 6.43. The molecule has 1 aliphatic rings. The van der Waals surface area contributed by atoms with E-state index in [1.54, 1.807) is 4.90 Å². The first-order chi connectivity index (χ1) is 14.2. The normalized spacial score (nSPS) is 16.9. The van der Waals surface area contributed by atoms with Crippen LogP contribution in [0.2, 0.25) is 0 Å². The van der Waals surface area contributed by atoms with Crippen LogP contribution in [0.3, 0.4) is 0 Å². The molecule has 0 unspecified atom stereocenters. The third kappa shape index (κ3) is 4.09. The molecule has 29 heavy (non-hydrogen) atoms. The fraction of sp³-hybridized carbons (Fsp3) is 0.136. The summed E-state index contributed by atoms with van der Waals surface area (Å²) in [4.78, 5) is 34.4. The van der Waals surface area contributed by atoms with Crippen molar-refractivity contribution in [1.29, 1.82) is 0 Å². The van der Waals surface area contributed by atoms with Gasteiger partial charge in [0.2, 0.25) is 0 Å². The average Bonchev–Trinajstić information content (AvgIpc) is 3.28. The minimum absolute atomic E-state index is 0.241. The lowest BCUT2D eigenvalue weighted by molar-refractivity contribution is -0.135. The van der Waals surface area contributed by atoms with Gasteiger partial charge in [0.15, 0.2) is 5.17 Å². The zero-order chi connectivity index (χ0) is 20.2. The van der Waals surface area contributed by atoms with Crippen molar-refractivity contribution < 1.29 is 14.3 Å². The minimum atomic E-state index is -0.557. The summed E-state index contributed by atoms with van der Waals surface area (Å²) in [6, 6.07) is 17.5. The van der Waals surface area contributed by atoms with Crippen molar-refractivity contribution in [3.63, 3.8) is 0 Å². The van der Waals surface area contributed by atoms with E-state index in [0.717, 1.165) is 22.2 Å². The highest BCUT2D eigenvalue weighted by Gasteiger charge is 2.34. The van der Waals surface area contributed by atoms with Gasteiger partial charge in [0.05, 0.1) is 17.7 Å². The highest BCUT2D eigenvalue weighted by atomic mass is 32.2. The standard InChI is InChI=1S/C22H19N3O3S/c1-28-20(26)13-19-21(27)25(22(29-19)24-16-7-3-2-4-8-16)12-11-15-14-23-18-10-6-5-9-17(15)18/h2-10,13-14,23H,11-12H2,1H3. The van der Waals surface area contributed by atoms with Gasteiger partial charge in [0.25, 0.3) is 5.91 Å². The second kappa shape index (κ2) is 8.36. The van der Waals surface area contributed by atoms with Crippen molar-refractivity contribution in [1.82, 2.24) is 9.88 Å². The molecule has 1 saturated heterocycles. The number of amides is 1. The molecule has 1 amide bonds. The molecule has 146 valence electrons. The predicted octanol–water partition coefficient (Wildman–Crippen LogP) is 4.03. The fourth-order valence-electron chi connectivity index (χ4n) is 3.14. The summed E-state index contributed by atoms with van der Waals surface area (Å²) in [5.41, 5.74) is 2.94. The van der Waals surface area contributed by atoms with Crippen LogP contribution in [0.25, 0.3) is 10.9 Å². The molecule has 0 bridgehead atoms. The number of ether oxygens (including phenoxy) is 1. The molecule has 0 spiro atoms. The van der Waals surface area contributed by atoms with Crippen LogP contribution in [0.4, 0.5) is 5.69 Å². The number of benzene rings is 2. The number of carbonyl (C=O) groups is 2. The molecular weight excluding hydrogens is 386 g/mol. The van der Waals surface area contributed by atoms with Gasteiger partial charge >= 0.3 is 5.97 Å². The Morgan fingerprint density at radius 3 is 2.72 bits per heavy atom. The molecule has 0 aliphatic carbocycles. The summed E-state index contributed by atoms with van der Waals surface area (Å²) in [7, 11) is 1.29. The van der Waals surface area contributed by atoms with Crippen LogP contribution in [0, 0.1) is 0 Å². The largest absolute Gasteiger partial charge is 0.466 e. The maximum atomic E-state index is 12.9. The maximum absolute atomic E-state index is 12.9. The summed E-state index contributed by atoms with van der Waals surface area (Å²) in [6.45, 7) is 0.456. The third-order valence-corrected chi connectivity index (χ3v) is 5.61. The Labute approximate surface area is 172 Å². The number of hydrogen-bond donors (Lipinski definition) is 1. The van der Waals surface area contributed by atoms with Crippen molar-refractivity contribution in [2.45, 2.75) is 6.42 Å². The Bertz CT molecular complexity index is 1120. The fourth-order valence-corrected chi connectivity index (χ4v) is 4.12. The summed E-state index contributed by atoms with van der Waals surface area (Å²) in [5, 5.41) is 1.69. The highest BCUT2D eigenvalue weighted by Crippen LogP contribution is 2.33. The average molecular weight is 405 g/mol. The van der Waals surface area contributed by atoms with Crippen LogP contribution in [0.15, 0.2) is 76.8 Å². The van der Waals surface area contributed by atoms with Gasteiger partial charge in [-0.15, -0.1) is 0 Å². The molecule has 0 atom stereocenters. The number of aromatic amines is 1. The van der Waals surface area contributed by atoms with Crippen LogP contribution in [-0.2, 0) is 20.7 Å². The number of aromatic nitrogens is 1. The number of aliphatic imine (C=N–C) groups is 1. The molecule has 2 heterocycles. The predicted molar refractivity (Wildman–Crippen MR) is 115 cm³/mol. The van der Waals surface area contributed by atoms with E-state index < -0.39 is 5.97 Å².